The maximum atomic E-state index is 5.91. The lowest BCUT2D eigenvalue weighted by Crippen LogP contribution is -2.49. The van der Waals surface area contributed by atoms with Gasteiger partial charge in [-0.15, -0.1) is 0 Å². The Bertz CT molecular complexity index is 448. The Balaban J connectivity index is 1.93. The summed E-state index contributed by atoms with van der Waals surface area (Å²) in [7, 11) is 0. The SMILES string of the molecule is Cc1cccc(N2CCN(CC(CN)C(C)C)CC2)c1C. The summed E-state index contributed by atoms with van der Waals surface area (Å²) in [6.07, 6.45) is 0. The number of hydrogen-bond donors (Lipinski definition) is 1. The molecule has 3 heteroatoms. The van der Waals surface area contributed by atoms with Crippen LogP contribution in [0.5, 0.6) is 0 Å². The summed E-state index contributed by atoms with van der Waals surface area (Å²) in [5, 5.41) is 0. The second kappa shape index (κ2) is 7.28. The standard InChI is InChI=1S/C18H31N3/c1-14(2)17(12-19)13-20-8-10-21(11-9-20)18-7-5-6-15(3)16(18)4/h5-7,14,17H,8-13,19H2,1-4H3. The van der Waals surface area contributed by atoms with Crippen molar-refractivity contribution in [2.24, 2.45) is 17.6 Å². The molecular weight excluding hydrogens is 258 g/mol. The van der Waals surface area contributed by atoms with Crippen LogP contribution in [-0.2, 0) is 0 Å². The van der Waals surface area contributed by atoms with Gasteiger partial charge < -0.3 is 10.6 Å². The van der Waals surface area contributed by atoms with Crippen LogP contribution >= 0.6 is 0 Å². The van der Waals surface area contributed by atoms with Gasteiger partial charge in [-0.05, 0) is 49.4 Å². The van der Waals surface area contributed by atoms with Gasteiger partial charge in [0.05, 0.1) is 0 Å². The zero-order chi connectivity index (χ0) is 15.4. The third-order valence-corrected chi connectivity index (χ3v) is 5.03. The lowest BCUT2D eigenvalue weighted by Gasteiger charge is -2.38. The van der Waals surface area contributed by atoms with E-state index in [1.165, 1.54) is 16.8 Å². The monoisotopic (exact) mass is 289 g/mol. The van der Waals surface area contributed by atoms with Gasteiger partial charge in [0.15, 0.2) is 0 Å². The Morgan fingerprint density at radius 3 is 2.33 bits per heavy atom. The third kappa shape index (κ3) is 3.98. The Morgan fingerprint density at radius 1 is 1.10 bits per heavy atom. The fourth-order valence-electron chi connectivity index (χ4n) is 3.14. The average Bonchev–Trinajstić information content (AvgIpc) is 2.48. The van der Waals surface area contributed by atoms with E-state index >= 15 is 0 Å². The highest BCUT2D eigenvalue weighted by Gasteiger charge is 2.22. The van der Waals surface area contributed by atoms with Gasteiger partial charge in [0.2, 0.25) is 0 Å². The molecule has 0 amide bonds. The molecule has 0 spiro atoms. The van der Waals surface area contributed by atoms with E-state index in [1.54, 1.807) is 0 Å². The summed E-state index contributed by atoms with van der Waals surface area (Å²) in [6.45, 7) is 15.5. The molecule has 1 aromatic rings. The zero-order valence-electron chi connectivity index (χ0n) is 14.1. The molecule has 118 valence electrons. The Labute approximate surface area is 130 Å². The van der Waals surface area contributed by atoms with Crippen LogP contribution in [0.1, 0.15) is 25.0 Å². The van der Waals surface area contributed by atoms with E-state index in [9.17, 15) is 0 Å². The molecule has 0 radical (unpaired) electrons. The summed E-state index contributed by atoms with van der Waals surface area (Å²) in [6, 6.07) is 6.63. The Kier molecular flexibility index (Phi) is 5.65. The van der Waals surface area contributed by atoms with E-state index < -0.39 is 0 Å². The van der Waals surface area contributed by atoms with Gasteiger partial charge in [0.25, 0.3) is 0 Å². The summed E-state index contributed by atoms with van der Waals surface area (Å²) in [5.41, 5.74) is 10.1. The number of rotatable bonds is 5. The minimum absolute atomic E-state index is 0.622. The van der Waals surface area contributed by atoms with Crippen LogP contribution in [0.4, 0.5) is 5.69 Å². The molecule has 1 unspecified atom stereocenters. The highest BCUT2D eigenvalue weighted by molar-refractivity contribution is 5.56. The first-order valence-electron chi connectivity index (χ1n) is 8.26. The van der Waals surface area contributed by atoms with Crippen molar-refractivity contribution in [2.75, 3.05) is 44.2 Å². The quantitative estimate of drug-likeness (QED) is 0.904. The van der Waals surface area contributed by atoms with Crippen molar-refractivity contribution in [3.05, 3.63) is 29.3 Å². The average molecular weight is 289 g/mol. The number of aryl methyl sites for hydroxylation is 1. The van der Waals surface area contributed by atoms with E-state index in [4.69, 9.17) is 5.73 Å². The number of benzene rings is 1. The number of nitrogens with two attached hydrogens (primary N) is 1. The molecule has 1 aromatic carbocycles. The molecule has 0 aromatic heterocycles. The van der Waals surface area contributed by atoms with Crippen molar-refractivity contribution in [2.45, 2.75) is 27.7 Å². The predicted octanol–water partition coefficient (Wildman–Crippen LogP) is 2.66. The van der Waals surface area contributed by atoms with Crippen LogP contribution in [-0.4, -0.2) is 44.2 Å². The first kappa shape index (κ1) is 16.3. The van der Waals surface area contributed by atoms with E-state index in [-0.39, 0.29) is 0 Å². The van der Waals surface area contributed by atoms with Crippen LogP contribution < -0.4 is 10.6 Å². The molecule has 1 aliphatic heterocycles. The molecule has 0 saturated carbocycles. The smallest absolute Gasteiger partial charge is 0.0399 e. The van der Waals surface area contributed by atoms with Crippen LogP contribution in [0, 0.1) is 25.7 Å². The molecule has 1 aliphatic rings. The van der Waals surface area contributed by atoms with Gasteiger partial charge in [0, 0.05) is 38.4 Å². The molecule has 0 aliphatic carbocycles. The predicted molar refractivity (Wildman–Crippen MR) is 92.0 cm³/mol. The van der Waals surface area contributed by atoms with E-state index in [1.807, 2.05) is 0 Å². The minimum atomic E-state index is 0.622. The lowest BCUT2D eigenvalue weighted by molar-refractivity contribution is 0.195. The molecule has 1 saturated heterocycles. The number of hydrogen-bond acceptors (Lipinski definition) is 3. The maximum absolute atomic E-state index is 5.91. The molecule has 3 nitrogen and oxygen atoms in total. The summed E-state index contributed by atoms with van der Waals surface area (Å²) < 4.78 is 0. The highest BCUT2D eigenvalue weighted by atomic mass is 15.3. The molecule has 1 fully saturated rings. The van der Waals surface area contributed by atoms with Crippen LogP contribution in [0.15, 0.2) is 18.2 Å². The van der Waals surface area contributed by atoms with Crippen molar-refractivity contribution in [3.63, 3.8) is 0 Å². The lowest BCUT2D eigenvalue weighted by atomic mass is 9.95. The van der Waals surface area contributed by atoms with Crippen LogP contribution in [0.2, 0.25) is 0 Å². The fraction of sp³-hybridized carbons (Fsp3) is 0.667. The van der Waals surface area contributed by atoms with E-state index in [2.05, 4.69) is 55.7 Å². The van der Waals surface area contributed by atoms with E-state index in [0.717, 1.165) is 39.3 Å². The van der Waals surface area contributed by atoms with Crippen molar-refractivity contribution >= 4 is 5.69 Å². The second-order valence-corrected chi connectivity index (χ2v) is 6.75. The normalized spacial score (nSPS) is 18.3. The Hall–Kier alpha value is -1.06. The molecular formula is C18H31N3. The Morgan fingerprint density at radius 2 is 1.76 bits per heavy atom. The van der Waals surface area contributed by atoms with Crippen molar-refractivity contribution in [3.8, 4) is 0 Å². The molecule has 2 N–H and O–H groups in total. The third-order valence-electron chi connectivity index (χ3n) is 5.03. The molecule has 0 bridgehead atoms. The molecule has 1 heterocycles. The van der Waals surface area contributed by atoms with Gasteiger partial charge in [-0.1, -0.05) is 26.0 Å². The van der Waals surface area contributed by atoms with Crippen LogP contribution in [0.3, 0.4) is 0 Å². The van der Waals surface area contributed by atoms with Gasteiger partial charge in [-0.3, -0.25) is 4.90 Å². The summed E-state index contributed by atoms with van der Waals surface area (Å²) >= 11 is 0. The summed E-state index contributed by atoms with van der Waals surface area (Å²) in [4.78, 5) is 5.12. The number of anilines is 1. The van der Waals surface area contributed by atoms with Gasteiger partial charge in [-0.25, -0.2) is 0 Å². The largest absolute Gasteiger partial charge is 0.369 e. The summed E-state index contributed by atoms with van der Waals surface area (Å²) in [5.74, 6) is 1.30. The first-order valence-corrected chi connectivity index (χ1v) is 8.26. The molecule has 21 heavy (non-hydrogen) atoms. The highest BCUT2D eigenvalue weighted by Crippen LogP contribution is 2.24. The van der Waals surface area contributed by atoms with Crippen molar-refractivity contribution in [1.82, 2.24) is 4.90 Å². The minimum Gasteiger partial charge on any atom is -0.369 e. The van der Waals surface area contributed by atoms with Gasteiger partial charge in [0.1, 0.15) is 0 Å². The van der Waals surface area contributed by atoms with Gasteiger partial charge in [-0.2, -0.15) is 0 Å². The molecule has 2 rings (SSSR count). The topological polar surface area (TPSA) is 32.5 Å². The number of piperazine rings is 1. The van der Waals surface area contributed by atoms with Gasteiger partial charge >= 0.3 is 0 Å². The molecule has 1 atom stereocenters. The van der Waals surface area contributed by atoms with Crippen LogP contribution in [0.25, 0.3) is 0 Å². The van der Waals surface area contributed by atoms with Crippen molar-refractivity contribution < 1.29 is 0 Å². The second-order valence-electron chi connectivity index (χ2n) is 6.75. The zero-order valence-corrected chi connectivity index (χ0v) is 14.1. The fourth-order valence-corrected chi connectivity index (χ4v) is 3.14. The van der Waals surface area contributed by atoms with E-state index in [0.29, 0.717) is 11.8 Å². The maximum Gasteiger partial charge on any atom is 0.0399 e. The number of nitrogens with zero attached hydrogens (tertiary/aromatic N) is 2. The van der Waals surface area contributed by atoms with Crippen molar-refractivity contribution in [1.29, 1.82) is 0 Å². The first-order chi connectivity index (χ1) is 10.0.